The highest BCUT2D eigenvalue weighted by molar-refractivity contribution is 5.99. The molecule has 0 bridgehead atoms. The Labute approximate surface area is 100 Å². The lowest BCUT2D eigenvalue weighted by Gasteiger charge is -2.30. The van der Waals surface area contributed by atoms with Crippen molar-refractivity contribution >= 4 is 11.6 Å². The van der Waals surface area contributed by atoms with Gasteiger partial charge in [-0.2, -0.15) is 0 Å². The monoisotopic (exact) mass is 223 g/mol. The molecule has 1 heterocycles. The fourth-order valence-electron chi connectivity index (χ4n) is 2.05. The first kappa shape index (κ1) is 10.1. The van der Waals surface area contributed by atoms with Gasteiger partial charge >= 0.3 is 0 Å². The number of carbonyl (C=O) groups excluding carboxylic acids is 1. The van der Waals surface area contributed by atoms with Crippen molar-refractivity contribution in [2.24, 2.45) is 0 Å². The smallest absolute Gasteiger partial charge is 0.228 e. The summed E-state index contributed by atoms with van der Waals surface area (Å²) in [6.45, 7) is 0.851. The van der Waals surface area contributed by atoms with Gasteiger partial charge in [0.1, 0.15) is 0 Å². The van der Waals surface area contributed by atoms with Gasteiger partial charge in [-0.3, -0.25) is 4.79 Å². The number of nitrogens with zero attached hydrogens (tertiary/aromatic N) is 1. The highest BCUT2D eigenvalue weighted by atomic mass is 16.2. The molecule has 1 aliphatic heterocycles. The summed E-state index contributed by atoms with van der Waals surface area (Å²) >= 11 is 0. The SMILES string of the molecule is O=C1CCN1c1ccc(-c2ccccc2)cc1. The summed E-state index contributed by atoms with van der Waals surface area (Å²) in [6, 6.07) is 18.4. The number of amides is 1. The fourth-order valence-corrected chi connectivity index (χ4v) is 2.05. The lowest BCUT2D eigenvalue weighted by atomic mass is 10.0. The molecule has 1 saturated heterocycles. The number of hydrogen-bond donors (Lipinski definition) is 0. The molecule has 1 amide bonds. The van der Waals surface area contributed by atoms with Crippen LogP contribution in [0.5, 0.6) is 0 Å². The van der Waals surface area contributed by atoms with Gasteiger partial charge in [-0.05, 0) is 23.3 Å². The zero-order valence-electron chi connectivity index (χ0n) is 9.47. The minimum absolute atomic E-state index is 0.220. The molecule has 0 aromatic heterocycles. The van der Waals surface area contributed by atoms with E-state index in [4.69, 9.17) is 0 Å². The molecule has 3 rings (SSSR count). The molecule has 0 spiro atoms. The Balaban J connectivity index is 1.88. The Hall–Kier alpha value is -2.09. The summed E-state index contributed by atoms with van der Waals surface area (Å²) in [5, 5.41) is 0. The maximum atomic E-state index is 11.3. The van der Waals surface area contributed by atoms with Crippen molar-refractivity contribution in [1.29, 1.82) is 0 Å². The molecule has 0 unspecified atom stereocenters. The van der Waals surface area contributed by atoms with Crippen molar-refractivity contribution < 1.29 is 4.79 Å². The van der Waals surface area contributed by atoms with E-state index in [1.165, 1.54) is 11.1 Å². The van der Waals surface area contributed by atoms with Crippen LogP contribution in [-0.4, -0.2) is 12.5 Å². The van der Waals surface area contributed by atoms with Crippen molar-refractivity contribution in [3.8, 4) is 11.1 Å². The normalized spacial score (nSPS) is 14.6. The van der Waals surface area contributed by atoms with Crippen LogP contribution >= 0.6 is 0 Å². The molecule has 0 saturated carbocycles. The van der Waals surface area contributed by atoms with Gasteiger partial charge in [-0.25, -0.2) is 0 Å². The van der Waals surface area contributed by atoms with Crippen LogP contribution in [0, 0.1) is 0 Å². The first-order chi connectivity index (χ1) is 8.34. The molecule has 0 atom stereocenters. The lowest BCUT2D eigenvalue weighted by Crippen LogP contribution is -2.43. The van der Waals surface area contributed by atoms with E-state index in [9.17, 15) is 4.79 Å². The van der Waals surface area contributed by atoms with Crippen molar-refractivity contribution in [3.63, 3.8) is 0 Å². The third-order valence-electron chi connectivity index (χ3n) is 3.14. The summed E-state index contributed by atoms with van der Waals surface area (Å²) in [7, 11) is 0. The van der Waals surface area contributed by atoms with Crippen molar-refractivity contribution in [2.75, 3.05) is 11.4 Å². The van der Waals surface area contributed by atoms with Crippen LogP contribution < -0.4 is 4.90 Å². The zero-order chi connectivity index (χ0) is 11.7. The Kier molecular flexibility index (Phi) is 2.41. The molecular weight excluding hydrogens is 210 g/mol. The third-order valence-corrected chi connectivity index (χ3v) is 3.14. The highest BCUT2D eigenvalue weighted by Gasteiger charge is 2.24. The van der Waals surface area contributed by atoms with E-state index in [0.717, 1.165) is 12.2 Å². The molecule has 2 aromatic carbocycles. The molecule has 0 radical (unpaired) electrons. The Bertz CT molecular complexity index is 531. The second-order valence-electron chi connectivity index (χ2n) is 4.21. The molecule has 2 nitrogen and oxygen atoms in total. The van der Waals surface area contributed by atoms with Gasteiger partial charge in [-0.15, -0.1) is 0 Å². The summed E-state index contributed by atoms with van der Waals surface area (Å²) < 4.78 is 0. The lowest BCUT2D eigenvalue weighted by molar-refractivity contribution is -0.122. The van der Waals surface area contributed by atoms with Gasteiger partial charge in [0.25, 0.3) is 0 Å². The summed E-state index contributed by atoms with van der Waals surface area (Å²) in [5.74, 6) is 0.220. The average molecular weight is 223 g/mol. The van der Waals surface area contributed by atoms with Crippen molar-refractivity contribution in [1.82, 2.24) is 0 Å². The first-order valence-electron chi connectivity index (χ1n) is 5.80. The Morgan fingerprint density at radius 1 is 0.824 bits per heavy atom. The molecule has 1 aliphatic rings. The van der Waals surface area contributed by atoms with Gasteiger partial charge in [0, 0.05) is 18.7 Å². The van der Waals surface area contributed by atoms with E-state index in [2.05, 4.69) is 24.3 Å². The van der Waals surface area contributed by atoms with Crippen LogP contribution in [0.3, 0.4) is 0 Å². The molecule has 2 heteroatoms. The van der Waals surface area contributed by atoms with Crippen LogP contribution in [0.25, 0.3) is 11.1 Å². The van der Waals surface area contributed by atoms with Gasteiger partial charge in [0.05, 0.1) is 0 Å². The van der Waals surface area contributed by atoms with Crippen LogP contribution in [0.1, 0.15) is 6.42 Å². The van der Waals surface area contributed by atoms with E-state index in [1.54, 1.807) is 0 Å². The largest absolute Gasteiger partial charge is 0.312 e. The summed E-state index contributed by atoms with van der Waals surface area (Å²) in [5.41, 5.74) is 3.39. The maximum absolute atomic E-state index is 11.3. The van der Waals surface area contributed by atoms with Crippen molar-refractivity contribution in [3.05, 3.63) is 54.6 Å². The quantitative estimate of drug-likeness (QED) is 0.716. The number of carbonyl (C=O) groups is 1. The topological polar surface area (TPSA) is 20.3 Å². The molecule has 17 heavy (non-hydrogen) atoms. The van der Waals surface area contributed by atoms with E-state index >= 15 is 0 Å². The molecule has 0 N–H and O–H groups in total. The number of rotatable bonds is 2. The van der Waals surface area contributed by atoms with Gasteiger partial charge in [0.2, 0.25) is 5.91 Å². The van der Waals surface area contributed by atoms with E-state index < -0.39 is 0 Å². The second-order valence-corrected chi connectivity index (χ2v) is 4.21. The van der Waals surface area contributed by atoms with E-state index in [0.29, 0.717) is 6.42 Å². The van der Waals surface area contributed by atoms with Crippen LogP contribution in [0.4, 0.5) is 5.69 Å². The highest BCUT2D eigenvalue weighted by Crippen LogP contribution is 2.25. The molecule has 0 aliphatic carbocycles. The van der Waals surface area contributed by atoms with Crippen molar-refractivity contribution in [2.45, 2.75) is 6.42 Å². The van der Waals surface area contributed by atoms with E-state index in [-0.39, 0.29) is 5.91 Å². The summed E-state index contributed by atoms with van der Waals surface area (Å²) in [4.78, 5) is 13.1. The minimum Gasteiger partial charge on any atom is -0.312 e. The van der Waals surface area contributed by atoms with Gasteiger partial charge in [-0.1, -0.05) is 42.5 Å². The Morgan fingerprint density at radius 2 is 1.47 bits per heavy atom. The number of hydrogen-bond acceptors (Lipinski definition) is 1. The van der Waals surface area contributed by atoms with Gasteiger partial charge in [0.15, 0.2) is 0 Å². The number of β-lactam (4-membered cyclic amide) rings is 1. The van der Waals surface area contributed by atoms with Crippen LogP contribution in [-0.2, 0) is 4.79 Å². The predicted molar refractivity (Wildman–Crippen MR) is 68.8 cm³/mol. The number of benzene rings is 2. The van der Waals surface area contributed by atoms with Gasteiger partial charge < -0.3 is 4.90 Å². The minimum atomic E-state index is 0.220. The molecular formula is C15H13NO. The van der Waals surface area contributed by atoms with Crippen LogP contribution in [0.15, 0.2) is 54.6 Å². The standard InChI is InChI=1S/C15H13NO/c17-15-10-11-16(15)14-8-6-13(7-9-14)12-4-2-1-3-5-12/h1-9H,10-11H2. The number of anilines is 1. The fraction of sp³-hybridized carbons (Fsp3) is 0.133. The second kappa shape index (κ2) is 4.06. The molecule has 84 valence electrons. The molecule has 2 aromatic rings. The Morgan fingerprint density at radius 3 is 2.00 bits per heavy atom. The predicted octanol–water partition coefficient (Wildman–Crippen LogP) is 3.09. The average Bonchev–Trinajstić information content (AvgIpc) is 2.39. The third kappa shape index (κ3) is 1.82. The molecule has 1 fully saturated rings. The van der Waals surface area contributed by atoms with Crippen LogP contribution in [0.2, 0.25) is 0 Å². The van der Waals surface area contributed by atoms with E-state index in [1.807, 2.05) is 35.2 Å². The summed E-state index contributed by atoms with van der Waals surface area (Å²) in [6.07, 6.45) is 0.681. The first-order valence-corrected chi connectivity index (χ1v) is 5.80. The zero-order valence-corrected chi connectivity index (χ0v) is 9.47. The maximum Gasteiger partial charge on any atom is 0.228 e.